The Balaban J connectivity index is 0.000000475. The Morgan fingerprint density at radius 2 is 0.595 bits per heavy atom. The fourth-order valence-electron chi connectivity index (χ4n) is 8.15. The van der Waals surface area contributed by atoms with Crippen LogP contribution in [0.5, 0.6) is 0 Å². The topological polar surface area (TPSA) is 118 Å². The predicted molar refractivity (Wildman–Crippen MR) is 343 cm³/mol. The highest BCUT2D eigenvalue weighted by Gasteiger charge is 2.15. The molecule has 0 aliphatic heterocycles. The van der Waals surface area contributed by atoms with Gasteiger partial charge in [0.1, 0.15) is 75.9 Å². The quantitative estimate of drug-likeness (QED) is 0.160. The molecule has 0 atom stereocenters. The van der Waals surface area contributed by atoms with E-state index in [4.69, 9.17) is 39.8 Å². The molecule has 0 unspecified atom stereocenters. The second-order valence-corrected chi connectivity index (χ2v) is 23.9. The molecule has 84 heavy (non-hydrogen) atoms. The Bertz CT molecular complexity index is 2910. The summed E-state index contributed by atoms with van der Waals surface area (Å²) >= 11 is 0. The SMILES string of the molecule is Cc1c(C(C)C)coc1C(C)C.Cc1cc(C)c(C)o1.Cc1coc(C(C)C)c1C.Cc1coc(C)c1C.Cc1coc(C)c1C.Cc1oc(C(C)C)cc1C(C)C.Cc1occ(C(C)C)c1C.Cc1occ(F)c1C.Cc1occ(F)c1C. The normalized spacial score (nSPS) is 10.6. The van der Waals surface area contributed by atoms with E-state index in [1.165, 1.54) is 66.8 Å². The van der Waals surface area contributed by atoms with Gasteiger partial charge >= 0.3 is 0 Å². The van der Waals surface area contributed by atoms with Crippen molar-refractivity contribution in [2.75, 3.05) is 0 Å². The lowest BCUT2D eigenvalue weighted by atomic mass is 9.98. The Labute approximate surface area is 505 Å². The maximum absolute atomic E-state index is 12.2. The zero-order valence-electron chi connectivity index (χ0n) is 57.6. The Morgan fingerprint density at radius 3 is 0.750 bits per heavy atom. The van der Waals surface area contributed by atoms with Gasteiger partial charge in [-0.3, -0.25) is 0 Å². The van der Waals surface area contributed by atoms with Crippen LogP contribution in [0.4, 0.5) is 8.78 Å². The van der Waals surface area contributed by atoms with E-state index in [0.717, 1.165) is 64.4 Å². The van der Waals surface area contributed by atoms with Crippen molar-refractivity contribution in [3.63, 3.8) is 0 Å². The second kappa shape index (κ2) is 35.6. The number of furan rings is 9. The highest BCUT2D eigenvalue weighted by atomic mass is 19.1. The van der Waals surface area contributed by atoms with Crippen LogP contribution in [-0.2, 0) is 0 Å². The van der Waals surface area contributed by atoms with E-state index in [-0.39, 0.29) is 11.6 Å². The summed E-state index contributed by atoms with van der Waals surface area (Å²) in [5, 5.41) is 0. The molecule has 9 aromatic heterocycles. The van der Waals surface area contributed by atoms with Crippen molar-refractivity contribution >= 4 is 0 Å². The van der Waals surface area contributed by atoms with Gasteiger partial charge in [-0.2, -0.15) is 0 Å². The lowest BCUT2D eigenvalue weighted by molar-refractivity contribution is 0.460. The van der Waals surface area contributed by atoms with Crippen molar-refractivity contribution < 1.29 is 48.5 Å². The van der Waals surface area contributed by atoms with E-state index < -0.39 is 0 Å². The maximum atomic E-state index is 12.2. The molecule has 0 spiro atoms. The number of hydrogen-bond donors (Lipinski definition) is 0. The Morgan fingerprint density at radius 1 is 0.262 bits per heavy atom. The molecule has 0 amide bonds. The smallest absolute Gasteiger partial charge is 0.164 e. The molecule has 0 saturated heterocycles. The first kappa shape index (κ1) is 75.4. The highest BCUT2D eigenvalue weighted by Crippen LogP contribution is 2.30. The molecular formula is C73H108F2O9. The van der Waals surface area contributed by atoms with Gasteiger partial charge in [0, 0.05) is 28.9 Å². The molecule has 9 nitrogen and oxygen atoms in total. The molecule has 0 aromatic carbocycles. The first-order valence-electron chi connectivity index (χ1n) is 29.6. The average molecular weight is 1170 g/mol. The monoisotopic (exact) mass is 1170 g/mol. The molecule has 0 fully saturated rings. The van der Waals surface area contributed by atoms with Gasteiger partial charge in [0.25, 0.3) is 0 Å². The summed E-state index contributed by atoms with van der Waals surface area (Å²) in [6.07, 6.45) is 11.4. The summed E-state index contributed by atoms with van der Waals surface area (Å²) in [4.78, 5) is 0. The van der Waals surface area contributed by atoms with Crippen LogP contribution in [0.15, 0.2) is 95.7 Å². The highest BCUT2D eigenvalue weighted by molar-refractivity contribution is 5.31. The fourth-order valence-corrected chi connectivity index (χ4v) is 8.15. The third kappa shape index (κ3) is 23.8. The zero-order valence-corrected chi connectivity index (χ0v) is 57.6. The zero-order chi connectivity index (χ0) is 64.8. The number of aryl methyl sites for hydroxylation is 12. The van der Waals surface area contributed by atoms with E-state index in [9.17, 15) is 8.78 Å². The lowest BCUT2D eigenvalue weighted by Gasteiger charge is -2.04. The molecule has 468 valence electrons. The van der Waals surface area contributed by atoms with Crippen molar-refractivity contribution in [3.8, 4) is 0 Å². The van der Waals surface area contributed by atoms with Crippen LogP contribution in [0.1, 0.15) is 260 Å². The van der Waals surface area contributed by atoms with E-state index in [2.05, 4.69) is 131 Å². The van der Waals surface area contributed by atoms with Crippen molar-refractivity contribution in [1.29, 1.82) is 0 Å². The summed E-state index contributed by atoms with van der Waals surface area (Å²) in [5.41, 5.74) is 16.7. The molecule has 0 bridgehead atoms. The summed E-state index contributed by atoms with van der Waals surface area (Å²) in [7, 11) is 0. The van der Waals surface area contributed by atoms with Crippen LogP contribution in [0, 0.1) is 143 Å². The summed E-state index contributed by atoms with van der Waals surface area (Å²) in [6, 6.07) is 4.22. The molecule has 0 aliphatic rings. The van der Waals surface area contributed by atoms with Crippen LogP contribution in [0.25, 0.3) is 0 Å². The molecule has 0 aliphatic carbocycles. The van der Waals surface area contributed by atoms with Gasteiger partial charge in [-0.15, -0.1) is 0 Å². The van der Waals surface area contributed by atoms with Crippen LogP contribution in [0.3, 0.4) is 0 Å². The largest absolute Gasteiger partial charge is 0.469 e. The lowest BCUT2D eigenvalue weighted by Crippen LogP contribution is -1.91. The summed E-state index contributed by atoms with van der Waals surface area (Å²) in [5.74, 6) is 13.6. The molecule has 9 rings (SSSR count). The van der Waals surface area contributed by atoms with Gasteiger partial charge in [-0.25, -0.2) is 8.78 Å². The Kier molecular flexibility index (Phi) is 32.0. The first-order valence-corrected chi connectivity index (χ1v) is 29.6. The number of halogens is 2. The van der Waals surface area contributed by atoms with E-state index in [1.807, 2.05) is 87.2 Å². The van der Waals surface area contributed by atoms with Gasteiger partial charge < -0.3 is 39.8 Å². The fraction of sp³-hybridized carbons (Fsp3) is 0.507. The van der Waals surface area contributed by atoms with Crippen LogP contribution in [0.2, 0.25) is 0 Å². The second-order valence-electron chi connectivity index (χ2n) is 23.9. The molecule has 9 heterocycles. The third-order valence-electron chi connectivity index (χ3n) is 15.0. The summed E-state index contributed by atoms with van der Waals surface area (Å²) < 4.78 is 71.1. The third-order valence-corrected chi connectivity index (χ3v) is 15.0. The van der Waals surface area contributed by atoms with Crippen molar-refractivity contribution in [2.24, 2.45) is 0 Å². The van der Waals surface area contributed by atoms with Gasteiger partial charge in [-0.1, -0.05) is 83.1 Å². The van der Waals surface area contributed by atoms with Gasteiger partial charge in [0.2, 0.25) is 0 Å². The van der Waals surface area contributed by atoms with Gasteiger partial charge in [0.05, 0.1) is 31.3 Å². The van der Waals surface area contributed by atoms with Crippen molar-refractivity contribution in [2.45, 2.75) is 250 Å². The molecule has 9 aromatic rings. The minimum absolute atomic E-state index is 0.262. The standard InChI is InChI=1S/2C11H18O.2C9H14O.3C7H10O.2C6H7FO/c1-7(2)10-6-12-11(8(3)4)9(10)5;1-7(2)10-6-11(8(3)4)12-9(10)5;1-6(2)9-5-10-8(4)7(9)3;1-6(2)9-8(4)7(3)5-10-9;2*1-5-4-8-7(3)6(5)2;1-5-4-6(2)8-7(5)3;2*1-4-5(2)8-3-6(4)7/h2*6-8H,1-5H3;2*5-6H,1-4H3;3*4H,1-3H3;2*3H,1-2H3. The molecule has 0 saturated carbocycles. The summed E-state index contributed by atoms with van der Waals surface area (Å²) in [6.45, 7) is 63.5. The van der Waals surface area contributed by atoms with Crippen LogP contribution < -0.4 is 0 Å². The Hall–Kier alpha value is -6.62. The minimum Gasteiger partial charge on any atom is -0.469 e. The molecule has 11 heteroatoms. The average Bonchev–Trinajstić information content (AvgIpc) is 4.48. The molecule has 0 radical (unpaired) electrons. The maximum Gasteiger partial charge on any atom is 0.164 e. The van der Waals surface area contributed by atoms with E-state index in [0.29, 0.717) is 58.2 Å². The first-order chi connectivity index (χ1) is 38.9. The molecular weight excluding hydrogens is 1060 g/mol. The minimum atomic E-state index is -0.262. The van der Waals surface area contributed by atoms with Crippen molar-refractivity contribution in [3.05, 3.63) is 209 Å². The number of hydrogen-bond acceptors (Lipinski definition) is 9. The van der Waals surface area contributed by atoms with E-state index in [1.54, 1.807) is 40.2 Å². The van der Waals surface area contributed by atoms with Gasteiger partial charge in [0.15, 0.2) is 11.6 Å². The van der Waals surface area contributed by atoms with Crippen molar-refractivity contribution in [1.82, 2.24) is 0 Å². The van der Waals surface area contributed by atoms with Gasteiger partial charge in [-0.05, 0) is 228 Å². The predicted octanol–water partition coefficient (Wildman–Crippen LogP) is 24.4. The van der Waals surface area contributed by atoms with Crippen LogP contribution in [-0.4, -0.2) is 0 Å². The number of rotatable bonds is 6. The van der Waals surface area contributed by atoms with E-state index >= 15 is 0 Å². The molecule has 0 N–H and O–H groups in total. The van der Waals surface area contributed by atoms with Crippen LogP contribution >= 0.6 is 0 Å².